The van der Waals surface area contributed by atoms with Crippen molar-refractivity contribution >= 4 is 48.1 Å². The number of fused-ring (bicyclic) bond motifs is 2. The van der Waals surface area contributed by atoms with E-state index in [0.717, 1.165) is 0 Å². The van der Waals surface area contributed by atoms with E-state index in [1.165, 1.54) is 99.2 Å². The van der Waals surface area contributed by atoms with Crippen molar-refractivity contribution in [2.45, 2.75) is 26.2 Å². The molecule has 56 heavy (non-hydrogen) atoms. The van der Waals surface area contributed by atoms with Gasteiger partial charge in [0.2, 0.25) is 0 Å². The minimum absolute atomic E-state index is 1.18. The Kier molecular flexibility index (Phi) is 8.10. The van der Waals surface area contributed by atoms with Gasteiger partial charge in [0, 0.05) is 33.8 Å². The van der Waals surface area contributed by atoms with Crippen molar-refractivity contribution in [3.8, 4) is 33.6 Å². The molecule has 10 rings (SSSR count). The maximum Gasteiger partial charge on any atom is 0.117 e. The van der Waals surface area contributed by atoms with Gasteiger partial charge in [0.25, 0.3) is 0 Å². The summed E-state index contributed by atoms with van der Waals surface area (Å²) in [6, 6.07) is 66.7. The van der Waals surface area contributed by atoms with Crippen LogP contribution in [0.25, 0.3) is 55.2 Å². The molecule has 2 aliphatic heterocycles. The van der Waals surface area contributed by atoms with Crippen molar-refractivity contribution in [1.29, 1.82) is 0 Å². The van der Waals surface area contributed by atoms with E-state index in [1.54, 1.807) is 0 Å². The van der Waals surface area contributed by atoms with Gasteiger partial charge in [0.15, 0.2) is 0 Å². The van der Waals surface area contributed by atoms with Crippen molar-refractivity contribution in [2.75, 3.05) is 0 Å². The topological polar surface area (TPSA) is 31.6 Å². The van der Waals surface area contributed by atoms with Crippen molar-refractivity contribution in [2.24, 2.45) is 0 Å². The number of aromatic amines is 2. The maximum absolute atomic E-state index is 4.10. The third kappa shape index (κ3) is 5.36. The third-order valence-electron chi connectivity index (χ3n) is 12.2. The van der Waals surface area contributed by atoms with Gasteiger partial charge in [0.05, 0.1) is 5.69 Å². The molecule has 2 aliphatic rings. The van der Waals surface area contributed by atoms with Gasteiger partial charge in [-0.3, -0.25) is 0 Å². The first-order valence-corrected chi connectivity index (χ1v) is 25.7. The highest BCUT2D eigenvalue weighted by Crippen LogP contribution is 2.48. The van der Waals surface area contributed by atoms with Crippen LogP contribution in [0.4, 0.5) is 0 Å². The number of rotatable bonds is 7. The van der Waals surface area contributed by atoms with Crippen molar-refractivity contribution in [3.05, 3.63) is 216 Å². The van der Waals surface area contributed by atoms with Crippen LogP contribution >= 0.6 is 0 Å². The van der Waals surface area contributed by atoms with Crippen LogP contribution in [0.15, 0.2) is 182 Å². The van der Waals surface area contributed by atoms with E-state index in [-0.39, 0.29) is 0 Å². The molecular formula is C52H44N2Si2. The molecule has 0 amide bonds. The van der Waals surface area contributed by atoms with Crippen molar-refractivity contribution in [3.63, 3.8) is 0 Å². The summed E-state index contributed by atoms with van der Waals surface area (Å²) in [6.07, 6.45) is 0. The molecular weight excluding hydrogens is 709 g/mol. The molecule has 6 aromatic carbocycles. The van der Waals surface area contributed by atoms with Gasteiger partial charge in [-0.05, 0) is 65.8 Å². The van der Waals surface area contributed by atoms with Gasteiger partial charge in [-0.1, -0.05) is 202 Å². The second kappa shape index (κ2) is 13.2. The summed E-state index contributed by atoms with van der Waals surface area (Å²) in [7, 11) is -4.25. The number of hydrogen-bond donors (Lipinski definition) is 2. The van der Waals surface area contributed by atoms with E-state index >= 15 is 0 Å². The number of aromatic nitrogens is 2. The van der Waals surface area contributed by atoms with Gasteiger partial charge in [-0.15, -0.1) is 0 Å². The number of H-pyrrole nitrogens is 2. The van der Waals surface area contributed by atoms with E-state index in [2.05, 4.69) is 218 Å². The average molecular weight is 753 g/mol. The first-order chi connectivity index (χ1) is 27.3. The zero-order chi connectivity index (χ0) is 38.0. The lowest BCUT2D eigenvalue weighted by atomic mass is 9.98. The molecule has 2 aromatic heterocycles. The summed E-state index contributed by atoms with van der Waals surface area (Å²) in [4.78, 5) is 8.06. The number of benzene rings is 6. The minimum Gasteiger partial charge on any atom is -0.355 e. The highest BCUT2D eigenvalue weighted by molar-refractivity contribution is 7.09. The zero-order valence-electron chi connectivity index (χ0n) is 32.3. The predicted molar refractivity (Wildman–Crippen MR) is 243 cm³/mol. The molecule has 0 radical (unpaired) electrons. The first-order valence-electron chi connectivity index (χ1n) is 19.7. The van der Waals surface area contributed by atoms with Gasteiger partial charge in [0.1, 0.15) is 16.1 Å². The largest absolute Gasteiger partial charge is 0.355 e. The molecule has 270 valence electrons. The quantitative estimate of drug-likeness (QED) is 0.152. The van der Waals surface area contributed by atoms with Crippen LogP contribution in [-0.4, -0.2) is 26.1 Å². The summed E-state index contributed by atoms with van der Waals surface area (Å²) in [5.41, 5.74) is 17.8. The van der Waals surface area contributed by atoms with Crippen LogP contribution in [0.1, 0.15) is 33.6 Å². The Morgan fingerprint density at radius 3 is 1.25 bits per heavy atom. The normalized spacial score (nSPS) is 15.3. The number of hydrogen-bond acceptors (Lipinski definition) is 0. The molecule has 0 fully saturated rings. The monoisotopic (exact) mass is 752 g/mol. The SMILES string of the molecule is C[Si]1(C)C(c2ccccc2)=C(c2ccccc2)c2[nH]c(-c3ccc(-c4[nH]c5c(c4-c4ccccc4)[Si](C)(C)C(c4ccccc4)=C5c4ccccc4)cc3)cc21. The van der Waals surface area contributed by atoms with Crippen LogP contribution in [0.3, 0.4) is 0 Å². The molecule has 2 N–H and O–H groups in total. The summed E-state index contributed by atoms with van der Waals surface area (Å²) >= 11 is 0. The molecule has 0 saturated heterocycles. The molecule has 0 aliphatic carbocycles. The minimum atomic E-state index is -2.22. The predicted octanol–water partition coefficient (Wildman–Crippen LogP) is 12.2. The summed E-state index contributed by atoms with van der Waals surface area (Å²) in [5.74, 6) is 0. The molecule has 2 nitrogen and oxygen atoms in total. The lowest BCUT2D eigenvalue weighted by Gasteiger charge is -2.25. The zero-order valence-corrected chi connectivity index (χ0v) is 34.3. The summed E-state index contributed by atoms with van der Waals surface area (Å²) in [6.45, 7) is 10.1. The van der Waals surface area contributed by atoms with E-state index < -0.39 is 16.1 Å². The van der Waals surface area contributed by atoms with Crippen LogP contribution in [0, 0.1) is 0 Å². The molecule has 0 unspecified atom stereocenters. The Morgan fingerprint density at radius 2 is 0.750 bits per heavy atom. The standard InChI is InChI=1S/C52H44N2Si2/c1-55(2)43-34-42(53-48(43)45(37-22-12-6-13-23-37)50(55)40-26-16-8-17-27-40)35-30-32-39(33-31-35)47-44(36-20-10-5-11-21-36)52-49(54-47)46(38-24-14-7-15-25-38)51(56(52,3)4)41-28-18-9-19-29-41/h5-34,53-54H,1-4H3. The average Bonchev–Trinajstić information content (AvgIpc) is 3.97. The molecule has 4 heterocycles. The molecule has 0 spiro atoms. The Balaban J connectivity index is 1.12. The second-order valence-electron chi connectivity index (χ2n) is 16.3. The highest BCUT2D eigenvalue weighted by Gasteiger charge is 2.45. The van der Waals surface area contributed by atoms with E-state index in [0.29, 0.717) is 0 Å². The molecule has 8 aromatic rings. The summed E-state index contributed by atoms with van der Waals surface area (Å²) < 4.78 is 0. The van der Waals surface area contributed by atoms with Crippen molar-refractivity contribution in [1.82, 2.24) is 9.97 Å². The van der Waals surface area contributed by atoms with Crippen LogP contribution in [0.5, 0.6) is 0 Å². The third-order valence-corrected chi connectivity index (χ3v) is 19.2. The molecule has 4 heteroatoms. The van der Waals surface area contributed by atoms with Crippen LogP contribution in [0.2, 0.25) is 26.2 Å². The van der Waals surface area contributed by atoms with Gasteiger partial charge in [-0.2, -0.15) is 0 Å². The van der Waals surface area contributed by atoms with E-state index in [4.69, 9.17) is 0 Å². The fraction of sp³-hybridized carbons (Fsp3) is 0.0769. The highest BCUT2D eigenvalue weighted by atomic mass is 28.3. The van der Waals surface area contributed by atoms with Crippen LogP contribution < -0.4 is 10.4 Å². The lowest BCUT2D eigenvalue weighted by Crippen LogP contribution is -2.41. The Hall–Kier alpha value is -6.21. The fourth-order valence-electron chi connectivity index (χ4n) is 9.68. The smallest absolute Gasteiger partial charge is 0.117 e. The van der Waals surface area contributed by atoms with Gasteiger partial charge < -0.3 is 9.97 Å². The lowest BCUT2D eigenvalue weighted by molar-refractivity contribution is 1.34. The summed E-state index contributed by atoms with van der Waals surface area (Å²) in [5, 5.41) is 5.97. The number of nitrogens with one attached hydrogen (secondary N) is 2. The molecule has 0 saturated carbocycles. The second-order valence-corrected chi connectivity index (χ2v) is 24.8. The fourth-order valence-corrected chi connectivity index (χ4v) is 16.8. The van der Waals surface area contributed by atoms with E-state index in [9.17, 15) is 0 Å². The van der Waals surface area contributed by atoms with Crippen molar-refractivity contribution < 1.29 is 0 Å². The maximum atomic E-state index is 4.10. The first kappa shape index (κ1) is 34.3. The molecule has 0 atom stereocenters. The van der Waals surface area contributed by atoms with E-state index in [1.807, 2.05) is 0 Å². The molecule has 0 bridgehead atoms. The van der Waals surface area contributed by atoms with Crippen LogP contribution in [-0.2, 0) is 0 Å². The Labute approximate surface area is 332 Å². The Morgan fingerprint density at radius 1 is 0.339 bits per heavy atom. The van der Waals surface area contributed by atoms with Gasteiger partial charge in [-0.25, -0.2) is 0 Å². The van der Waals surface area contributed by atoms with Gasteiger partial charge >= 0.3 is 0 Å². The Bertz CT molecular complexity index is 2790.